The monoisotopic (exact) mass is 424 g/mol. The van der Waals surface area contributed by atoms with Gasteiger partial charge in [0, 0.05) is 18.7 Å². The number of nitrogens with zero attached hydrogens (tertiary/aromatic N) is 5. The highest BCUT2D eigenvalue weighted by Crippen LogP contribution is 2.27. The smallest absolute Gasteiger partial charge is 0.321 e. The predicted molar refractivity (Wildman–Crippen MR) is 116 cm³/mol. The van der Waals surface area contributed by atoms with Gasteiger partial charge in [0.05, 0.1) is 19.3 Å². The average Bonchev–Trinajstić information content (AvgIpc) is 3.20. The van der Waals surface area contributed by atoms with E-state index in [0.717, 1.165) is 36.5 Å². The van der Waals surface area contributed by atoms with Gasteiger partial charge < -0.3 is 15.0 Å². The molecule has 8 nitrogen and oxygen atoms in total. The number of benzene rings is 1. The molecular weight excluding hydrogens is 400 g/mol. The number of anilines is 1. The Kier molecular flexibility index (Phi) is 6.18. The summed E-state index contributed by atoms with van der Waals surface area (Å²) < 4.78 is 5.24. The molecule has 0 bridgehead atoms. The van der Waals surface area contributed by atoms with Crippen LogP contribution >= 0.6 is 11.3 Å². The van der Waals surface area contributed by atoms with Crippen molar-refractivity contribution in [2.75, 3.05) is 25.1 Å². The number of piperidine rings is 1. The molecule has 1 aliphatic rings. The molecule has 30 heavy (non-hydrogen) atoms. The van der Waals surface area contributed by atoms with E-state index in [-0.39, 0.29) is 18.5 Å². The van der Waals surface area contributed by atoms with Crippen LogP contribution in [0.4, 0.5) is 5.95 Å². The molecule has 1 aliphatic heterocycles. The van der Waals surface area contributed by atoms with Crippen LogP contribution in [0.15, 0.2) is 30.3 Å². The van der Waals surface area contributed by atoms with Crippen LogP contribution in [0.25, 0.3) is 10.6 Å². The molecule has 0 spiro atoms. The van der Waals surface area contributed by atoms with Gasteiger partial charge in [-0.3, -0.25) is 4.79 Å². The van der Waals surface area contributed by atoms with Crippen LogP contribution in [-0.2, 0) is 6.54 Å². The zero-order valence-electron chi connectivity index (χ0n) is 17.1. The number of hydrogen-bond acceptors (Lipinski definition) is 8. The second-order valence-electron chi connectivity index (χ2n) is 7.07. The molecule has 0 aliphatic carbocycles. The quantitative estimate of drug-likeness (QED) is 0.649. The van der Waals surface area contributed by atoms with Gasteiger partial charge in [-0.25, -0.2) is 4.98 Å². The lowest BCUT2D eigenvalue weighted by Gasteiger charge is -2.26. The fourth-order valence-electron chi connectivity index (χ4n) is 3.34. The SMILES string of the molecule is COc1nc(CNC(=O)c2sc(-c3ccccc3)nc2C)nc(N2CCCCC2)n1. The molecule has 2 aromatic heterocycles. The van der Waals surface area contributed by atoms with Crippen LogP contribution in [0.1, 0.15) is 40.5 Å². The molecule has 1 aromatic carbocycles. The Morgan fingerprint density at radius 1 is 1.10 bits per heavy atom. The van der Waals surface area contributed by atoms with Crippen molar-refractivity contribution in [3.63, 3.8) is 0 Å². The van der Waals surface area contributed by atoms with Crippen LogP contribution in [-0.4, -0.2) is 46.0 Å². The largest absolute Gasteiger partial charge is 0.467 e. The summed E-state index contributed by atoms with van der Waals surface area (Å²) in [5, 5.41) is 3.73. The van der Waals surface area contributed by atoms with Gasteiger partial charge in [-0.1, -0.05) is 30.3 Å². The van der Waals surface area contributed by atoms with Crippen molar-refractivity contribution < 1.29 is 9.53 Å². The molecule has 9 heteroatoms. The van der Waals surface area contributed by atoms with E-state index in [2.05, 4.69) is 30.2 Å². The summed E-state index contributed by atoms with van der Waals surface area (Å²) in [6.45, 7) is 3.87. The molecule has 1 saturated heterocycles. The molecule has 0 unspecified atom stereocenters. The molecule has 3 heterocycles. The molecule has 1 fully saturated rings. The number of carbonyl (C=O) groups is 1. The molecule has 4 rings (SSSR count). The number of rotatable bonds is 6. The molecule has 0 radical (unpaired) electrons. The van der Waals surface area contributed by atoms with E-state index in [4.69, 9.17) is 4.74 Å². The van der Waals surface area contributed by atoms with Crippen molar-refractivity contribution in [1.29, 1.82) is 0 Å². The number of thiazole rings is 1. The highest BCUT2D eigenvalue weighted by atomic mass is 32.1. The lowest BCUT2D eigenvalue weighted by molar-refractivity contribution is 0.0953. The zero-order valence-corrected chi connectivity index (χ0v) is 17.9. The lowest BCUT2D eigenvalue weighted by Crippen LogP contribution is -2.32. The van der Waals surface area contributed by atoms with E-state index in [1.807, 2.05) is 37.3 Å². The number of carbonyl (C=O) groups excluding carboxylic acids is 1. The molecule has 0 saturated carbocycles. The summed E-state index contributed by atoms with van der Waals surface area (Å²) in [7, 11) is 1.53. The van der Waals surface area contributed by atoms with E-state index in [9.17, 15) is 4.79 Å². The topological polar surface area (TPSA) is 93.1 Å². The van der Waals surface area contributed by atoms with Crippen molar-refractivity contribution >= 4 is 23.2 Å². The van der Waals surface area contributed by atoms with Crippen molar-refractivity contribution in [1.82, 2.24) is 25.3 Å². The van der Waals surface area contributed by atoms with Crippen molar-refractivity contribution in [3.05, 3.63) is 46.7 Å². The number of aromatic nitrogens is 4. The van der Waals surface area contributed by atoms with Crippen LogP contribution < -0.4 is 15.0 Å². The number of aryl methyl sites for hydroxylation is 1. The molecule has 0 atom stereocenters. The fourth-order valence-corrected chi connectivity index (χ4v) is 4.33. The molecule has 1 amide bonds. The number of nitrogens with one attached hydrogen (secondary N) is 1. The first-order valence-corrected chi connectivity index (χ1v) is 10.8. The van der Waals surface area contributed by atoms with Gasteiger partial charge in [-0.15, -0.1) is 11.3 Å². The minimum atomic E-state index is -0.189. The van der Waals surface area contributed by atoms with Gasteiger partial charge in [0.25, 0.3) is 5.91 Å². The van der Waals surface area contributed by atoms with E-state index in [1.165, 1.54) is 24.9 Å². The standard InChI is InChI=1S/C21H24N6O2S/c1-14-17(30-19(23-14)15-9-5-3-6-10-15)18(28)22-13-16-24-20(26-21(25-16)29-2)27-11-7-4-8-12-27/h3,5-6,9-10H,4,7-8,11-13H2,1-2H3,(H,22,28). The summed E-state index contributed by atoms with van der Waals surface area (Å²) in [6.07, 6.45) is 3.46. The van der Waals surface area contributed by atoms with Crippen molar-refractivity contribution in [2.45, 2.75) is 32.7 Å². The highest BCUT2D eigenvalue weighted by molar-refractivity contribution is 7.17. The maximum atomic E-state index is 12.8. The van der Waals surface area contributed by atoms with Gasteiger partial charge >= 0.3 is 6.01 Å². The predicted octanol–water partition coefficient (Wildman–Crippen LogP) is 3.23. The Balaban J connectivity index is 1.48. The molecule has 3 aromatic rings. The third kappa shape index (κ3) is 4.56. The van der Waals surface area contributed by atoms with Crippen molar-refractivity contribution in [3.8, 4) is 16.6 Å². The van der Waals surface area contributed by atoms with Gasteiger partial charge in [-0.05, 0) is 26.2 Å². The van der Waals surface area contributed by atoms with Crippen LogP contribution in [0.2, 0.25) is 0 Å². The first-order chi connectivity index (χ1) is 14.6. The first-order valence-electron chi connectivity index (χ1n) is 9.99. The van der Waals surface area contributed by atoms with Crippen molar-refractivity contribution in [2.24, 2.45) is 0 Å². The van der Waals surface area contributed by atoms with Gasteiger partial charge in [-0.2, -0.15) is 15.0 Å². The van der Waals surface area contributed by atoms with E-state index >= 15 is 0 Å². The molecule has 156 valence electrons. The Morgan fingerprint density at radius 3 is 2.60 bits per heavy atom. The molecular formula is C21H24N6O2S. The van der Waals surface area contributed by atoms with Crippen LogP contribution in [0.5, 0.6) is 6.01 Å². The summed E-state index contributed by atoms with van der Waals surface area (Å²) in [5.41, 5.74) is 1.71. The van der Waals surface area contributed by atoms with Gasteiger partial charge in [0.1, 0.15) is 9.88 Å². The Bertz CT molecular complexity index is 1020. The van der Waals surface area contributed by atoms with E-state index < -0.39 is 0 Å². The lowest BCUT2D eigenvalue weighted by atomic mass is 10.1. The second kappa shape index (κ2) is 9.17. The summed E-state index contributed by atoms with van der Waals surface area (Å²) in [4.78, 5) is 33.3. The van der Waals surface area contributed by atoms with Crippen LogP contribution in [0, 0.1) is 6.92 Å². The fraction of sp³-hybridized carbons (Fsp3) is 0.381. The van der Waals surface area contributed by atoms with Gasteiger partial charge in [0.2, 0.25) is 5.95 Å². The maximum Gasteiger partial charge on any atom is 0.321 e. The number of methoxy groups -OCH3 is 1. The van der Waals surface area contributed by atoms with Crippen LogP contribution in [0.3, 0.4) is 0 Å². The summed E-state index contributed by atoms with van der Waals surface area (Å²) in [6, 6.07) is 10.1. The molecule has 1 N–H and O–H groups in total. The minimum Gasteiger partial charge on any atom is -0.467 e. The Labute approximate surface area is 179 Å². The summed E-state index contributed by atoms with van der Waals surface area (Å²) in [5.74, 6) is 0.887. The zero-order chi connectivity index (χ0) is 20.9. The maximum absolute atomic E-state index is 12.8. The highest BCUT2D eigenvalue weighted by Gasteiger charge is 2.19. The average molecular weight is 425 g/mol. The minimum absolute atomic E-state index is 0.189. The number of hydrogen-bond donors (Lipinski definition) is 1. The third-order valence-corrected chi connectivity index (χ3v) is 6.11. The van der Waals surface area contributed by atoms with E-state index in [0.29, 0.717) is 22.3 Å². The third-order valence-electron chi connectivity index (χ3n) is 4.90. The summed E-state index contributed by atoms with van der Waals surface area (Å²) >= 11 is 1.38. The van der Waals surface area contributed by atoms with Gasteiger partial charge in [0.15, 0.2) is 5.82 Å². The number of ether oxygens (including phenoxy) is 1. The second-order valence-corrected chi connectivity index (χ2v) is 8.07. The van der Waals surface area contributed by atoms with E-state index in [1.54, 1.807) is 0 Å². The normalized spacial score (nSPS) is 13.9. The Hall–Kier alpha value is -3.07. The number of amides is 1. The Morgan fingerprint density at radius 2 is 1.87 bits per heavy atom. The first kappa shape index (κ1) is 20.2.